The van der Waals surface area contributed by atoms with E-state index >= 15 is 0 Å². The minimum atomic E-state index is 0.405. The number of ether oxygens (including phenoxy) is 1. The Morgan fingerprint density at radius 2 is 2.33 bits per heavy atom. The summed E-state index contributed by atoms with van der Waals surface area (Å²) in [6, 6.07) is 4.71. The van der Waals surface area contributed by atoms with Crippen LogP contribution in [0.4, 0.5) is 5.82 Å². The first kappa shape index (κ1) is 11.9. The van der Waals surface area contributed by atoms with Gasteiger partial charge in [-0.25, -0.2) is 4.98 Å². The quantitative estimate of drug-likeness (QED) is 0.862. The summed E-state index contributed by atoms with van der Waals surface area (Å²) in [5.41, 5.74) is 7.97. The van der Waals surface area contributed by atoms with Crippen LogP contribution in [-0.4, -0.2) is 30.3 Å². The predicted molar refractivity (Wildman–Crippen MR) is 71.6 cm³/mol. The fourth-order valence-corrected chi connectivity index (χ4v) is 3.20. The lowest BCUT2D eigenvalue weighted by atomic mass is 10.1. The Bertz CT molecular complexity index is 435. The van der Waals surface area contributed by atoms with Crippen LogP contribution in [-0.2, 0) is 11.3 Å². The molecule has 0 amide bonds. The number of aromatic nitrogens is 1. The number of pyridine rings is 1. The van der Waals surface area contributed by atoms with Gasteiger partial charge in [0.15, 0.2) is 0 Å². The maximum absolute atomic E-state index is 5.85. The average molecular weight is 247 g/mol. The largest absolute Gasteiger partial charge is 0.374 e. The van der Waals surface area contributed by atoms with Crippen LogP contribution in [0.1, 0.15) is 30.5 Å². The highest BCUT2D eigenvalue weighted by Crippen LogP contribution is 2.32. The van der Waals surface area contributed by atoms with Crippen LogP contribution in [0.3, 0.4) is 0 Å². The van der Waals surface area contributed by atoms with Gasteiger partial charge >= 0.3 is 0 Å². The monoisotopic (exact) mass is 247 g/mol. The van der Waals surface area contributed by atoms with Crippen LogP contribution in [0.5, 0.6) is 0 Å². The molecule has 0 aromatic carbocycles. The van der Waals surface area contributed by atoms with Crippen molar-refractivity contribution in [2.45, 2.75) is 44.9 Å². The Kier molecular flexibility index (Phi) is 3.22. The van der Waals surface area contributed by atoms with Gasteiger partial charge in [-0.3, -0.25) is 0 Å². The Labute approximate surface area is 108 Å². The van der Waals surface area contributed by atoms with Crippen molar-refractivity contribution in [2.75, 3.05) is 18.1 Å². The maximum Gasteiger partial charge on any atom is 0.129 e. The molecule has 98 valence electrons. The number of fused-ring (bicyclic) bond motifs is 1. The number of morpholine rings is 1. The second-order valence-electron chi connectivity index (χ2n) is 5.28. The maximum atomic E-state index is 5.85. The number of anilines is 1. The van der Waals surface area contributed by atoms with E-state index in [-0.39, 0.29) is 0 Å². The van der Waals surface area contributed by atoms with Crippen molar-refractivity contribution in [2.24, 2.45) is 5.73 Å². The standard InChI is InChI=1S/C14H21N3O/c1-10-7-11(9-15)8-14(16-10)17-5-6-18-13-4-2-3-12(13)17/h7-8,12-13H,2-6,9,15H2,1H3. The molecule has 2 unspecified atom stereocenters. The molecule has 2 fully saturated rings. The van der Waals surface area contributed by atoms with Gasteiger partial charge in [0, 0.05) is 18.8 Å². The van der Waals surface area contributed by atoms with Crippen LogP contribution >= 0.6 is 0 Å². The minimum absolute atomic E-state index is 0.405. The fraction of sp³-hybridized carbons (Fsp3) is 0.643. The molecule has 4 nitrogen and oxygen atoms in total. The zero-order chi connectivity index (χ0) is 12.5. The Morgan fingerprint density at radius 1 is 1.44 bits per heavy atom. The lowest BCUT2D eigenvalue weighted by Gasteiger charge is -2.38. The molecule has 0 radical (unpaired) electrons. The van der Waals surface area contributed by atoms with Crippen LogP contribution in [0.25, 0.3) is 0 Å². The smallest absolute Gasteiger partial charge is 0.129 e. The lowest BCUT2D eigenvalue weighted by molar-refractivity contribution is 0.0253. The normalized spacial score (nSPS) is 27.3. The SMILES string of the molecule is Cc1cc(CN)cc(N2CCOC3CCCC32)n1. The van der Waals surface area contributed by atoms with E-state index in [1.165, 1.54) is 24.8 Å². The van der Waals surface area contributed by atoms with E-state index in [9.17, 15) is 0 Å². The summed E-state index contributed by atoms with van der Waals surface area (Å²) >= 11 is 0. The zero-order valence-electron chi connectivity index (χ0n) is 10.9. The third kappa shape index (κ3) is 2.10. The third-order valence-electron chi connectivity index (χ3n) is 4.01. The van der Waals surface area contributed by atoms with E-state index in [1.807, 2.05) is 6.92 Å². The first-order valence-corrected chi connectivity index (χ1v) is 6.84. The molecule has 1 saturated carbocycles. The Balaban J connectivity index is 1.90. The van der Waals surface area contributed by atoms with Crippen molar-refractivity contribution in [3.8, 4) is 0 Å². The third-order valence-corrected chi connectivity index (χ3v) is 4.01. The first-order valence-electron chi connectivity index (χ1n) is 6.84. The summed E-state index contributed by atoms with van der Waals surface area (Å²) in [5, 5.41) is 0. The molecule has 18 heavy (non-hydrogen) atoms. The van der Waals surface area contributed by atoms with E-state index in [4.69, 9.17) is 10.5 Å². The van der Waals surface area contributed by atoms with E-state index in [2.05, 4.69) is 22.0 Å². The van der Waals surface area contributed by atoms with E-state index in [1.54, 1.807) is 0 Å². The minimum Gasteiger partial charge on any atom is -0.374 e. The van der Waals surface area contributed by atoms with Crippen molar-refractivity contribution in [1.82, 2.24) is 4.98 Å². The van der Waals surface area contributed by atoms with Crippen molar-refractivity contribution < 1.29 is 4.74 Å². The highest BCUT2D eigenvalue weighted by Gasteiger charge is 2.36. The second kappa shape index (κ2) is 4.86. The van der Waals surface area contributed by atoms with Crippen LogP contribution in [0.2, 0.25) is 0 Å². The molecule has 1 aliphatic carbocycles. The van der Waals surface area contributed by atoms with Gasteiger partial charge in [-0.1, -0.05) is 0 Å². The summed E-state index contributed by atoms with van der Waals surface area (Å²) in [4.78, 5) is 7.10. The van der Waals surface area contributed by atoms with Crippen molar-refractivity contribution in [3.05, 3.63) is 23.4 Å². The topological polar surface area (TPSA) is 51.4 Å². The van der Waals surface area contributed by atoms with Crippen molar-refractivity contribution in [1.29, 1.82) is 0 Å². The van der Waals surface area contributed by atoms with Gasteiger partial charge in [0.05, 0.1) is 18.8 Å². The molecule has 2 N–H and O–H groups in total. The molecule has 0 bridgehead atoms. The summed E-state index contributed by atoms with van der Waals surface area (Å²) < 4.78 is 5.85. The molecule has 4 heteroatoms. The lowest BCUT2D eigenvalue weighted by Crippen LogP contribution is -2.49. The summed E-state index contributed by atoms with van der Waals surface area (Å²) in [6.45, 7) is 4.38. The van der Waals surface area contributed by atoms with Crippen LogP contribution in [0, 0.1) is 6.92 Å². The van der Waals surface area contributed by atoms with Gasteiger partial charge in [0.2, 0.25) is 0 Å². The molecule has 1 saturated heterocycles. The number of hydrogen-bond donors (Lipinski definition) is 1. The second-order valence-corrected chi connectivity index (χ2v) is 5.28. The number of rotatable bonds is 2. The molecule has 1 aromatic heterocycles. The number of aryl methyl sites for hydroxylation is 1. The summed E-state index contributed by atoms with van der Waals surface area (Å²) in [5.74, 6) is 1.08. The predicted octanol–water partition coefficient (Wildman–Crippen LogP) is 1.61. The Morgan fingerprint density at radius 3 is 3.17 bits per heavy atom. The Hall–Kier alpha value is -1.13. The van der Waals surface area contributed by atoms with E-state index in [0.29, 0.717) is 18.7 Å². The molecule has 0 spiro atoms. The van der Waals surface area contributed by atoms with E-state index < -0.39 is 0 Å². The molecule has 1 aliphatic heterocycles. The van der Waals surface area contributed by atoms with Crippen molar-refractivity contribution in [3.63, 3.8) is 0 Å². The highest BCUT2D eigenvalue weighted by atomic mass is 16.5. The van der Waals surface area contributed by atoms with Gasteiger partial charge in [-0.05, 0) is 43.9 Å². The average Bonchev–Trinajstić information content (AvgIpc) is 2.85. The van der Waals surface area contributed by atoms with E-state index in [0.717, 1.165) is 24.7 Å². The number of hydrogen-bond acceptors (Lipinski definition) is 4. The van der Waals surface area contributed by atoms with Crippen molar-refractivity contribution >= 4 is 5.82 Å². The van der Waals surface area contributed by atoms with Crippen LogP contribution < -0.4 is 10.6 Å². The summed E-state index contributed by atoms with van der Waals surface area (Å²) in [7, 11) is 0. The molecular formula is C14H21N3O. The highest BCUT2D eigenvalue weighted by molar-refractivity contribution is 5.45. The fourth-order valence-electron chi connectivity index (χ4n) is 3.20. The molecule has 2 heterocycles. The zero-order valence-corrected chi connectivity index (χ0v) is 10.9. The van der Waals surface area contributed by atoms with Gasteiger partial charge in [0.1, 0.15) is 5.82 Å². The number of nitrogens with two attached hydrogens (primary N) is 1. The van der Waals surface area contributed by atoms with Gasteiger partial charge in [0.25, 0.3) is 0 Å². The molecule has 1 aromatic rings. The van der Waals surface area contributed by atoms with Gasteiger partial charge < -0.3 is 15.4 Å². The molecule has 3 rings (SSSR count). The molecule has 2 atom stereocenters. The van der Waals surface area contributed by atoms with Gasteiger partial charge in [-0.15, -0.1) is 0 Å². The molecular weight excluding hydrogens is 226 g/mol. The summed E-state index contributed by atoms with van der Waals surface area (Å²) in [6.07, 6.45) is 4.08. The van der Waals surface area contributed by atoms with Gasteiger partial charge in [-0.2, -0.15) is 0 Å². The first-order chi connectivity index (χ1) is 8.78. The number of nitrogens with zero attached hydrogens (tertiary/aromatic N) is 2. The molecule has 2 aliphatic rings. The van der Waals surface area contributed by atoms with Crippen LogP contribution in [0.15, 0.2) is 12.1 Å².